The molecule has 0 bridgehead atoms. The lowest BCUT2D eigenvalue weighted by Gasteiger charge is -2.04. The Kier molecular flexibility index (Phi) is 3.16. The quantitative estimate of drug-likeness (QED) is 0.569. The van der Waals surface area contributed by atoms with Crippen LogP contribution in [0.2, 0.25) is 0 Å². The lowest BCUT2D eigenvalue weighted by molar-refractivity contribution is 0.433. The van der Waals surface area contributed by atoms with Gasteiger partial charge < -0.3 is 8.94 Å². The lowest BCUT2D eigenvalue weighted by Crippen LogP contribution is -2.15. The Labute approximate surface area is 135 Å². The van der Waals surface area contributed by atoms with Crippen molar-refractivity contribution >= 4 is 22.4 Å². The molecule has 0 aliphatic rings. The molecule has 0 aliphatic heterocycles. The molecular formula is C16H13N3O3S. The van der Waals surface area contributed by atoms with Gasteiger partial charge >= 0.3 is 5.76 Å². The van der Waals surface area contributed by atoms with E-state index in [1.165, 1.54) is 11.3 Å². The van der Waals surface area contributed by atoms with Crippen molar-refractivity contribution in [1.82, 2.24) is 14.7 Å². The molecule has 3 aromatic heterocycles. The SMILES string of the molecule is CC(C)n1c(=O)oc2cc(-c3noc(-c4cccs4)n3)ccc21. The summed E-state index contributed by atoms with van der Waals surface area (Å²) in [6.07, 6.45) is 0. The van der Waals surface area contributed by atoms with Crippen LogP contribution in [0.3, 0.4) is 0 Å². The fourth-order valence-electron chi connectivity index (χ4n) is 2.51. The number of hydrogen-bond acceptors (Lipinski definition) is 6. The molecule has 7 heteroatoms. The maximum atomic E-state index is 11.9. The first-order chi connectivity index (χ1) is 11.1. The number of hydrogen-bond donors (Lipinski definition) is 0. The molecule has 1 aromatic carbocycles. The third kappa shape index (κ3) is 2.29. The molecular weight excluding hydrogens is 314 g/mol. The van der Waals surface area contributed by atoms with Crippen molar-refractivity contribution in [3.63, 3.8) is 0 Å². The first kappa shape index (κ1) is 14.0. The van der Waals surface area contributed by atoms with Crippen molar-refractivity contribution in [1.29, 1.82) is 0 Å². The molecule has 0 amide bonds. The second-order valence-electron chi connectivity index (χ2n) is 5.41. The highest BCUT2D eigenvalue weighted by Gasteiger charge is 2.15. The predicted octanol–water partition coefficient (Wildman–Crippen LogP) is 3.95. The molecule has 0 radical (unpaired) electrons. The Hall–Kier alpha value is -2.67. The van der Waals surface area contributed by atoms with E-state index in [1.54, 1.807) is 10.6 Å². The van der Waals surface area contributed by atoms with Crippen LogP contribution in [0.1, 0.15) is 19.9 Å². The molecule has 3 heterocycles. The second-order valence-corrected chi connectivity index (χ2v) is 6.36. The first-order valence-corrected chi connectivity index (χ1v) is 8.04. The van der Waals surface area contributed by atoms with Gasteiger partial charge in [-0.2, -0.15) is 4.98 Å². The number of oxazole rings is 1. The van der Waals surface area contributed by atoms with Crippen LogP contribution in [0.4, 0.5) is 0 Å². The van der Waals surface area contributed by atoms with E-state index >= 15 is 0 Å². The minimum absolute atomic E-state index is 0.0326. The van der Waals surface area contributed by atoms with E-state index in [0.717, 1.165) is 16.0 Å². The Bertz CT molecular complexity index is 1020. The molecule has 4 rings (SSSR count). The molecule has 0 aliphatic carbocycles. The van der Waals surface area contributed by atoms with Gasteiger partial charge in [-0.1, -0.05) is 11.2 Å². The summed E-state index contributed by atoms with van der Waals surface area (Å²) >= 11 is 1.54. The number of rotatable bonds is 3. The maximum Gasteiger partial charge on any atom is 0.420 e. The van der Waals surface area contributed by atoms with Crippen molar-refractivity contribution in [3.8, 4) is 22.2 Å². The van der Waals surface area contributed by atoms with Crippen LogP contribution in [0.25, 0.3) is 33.3 Å². The summed E-state index contributed by atoms with van der Waals surface area (Å²) < 4.78 is 12.2. The van der Waals surface area contributed by atoms with Gasteiger partial charge in [0, 0.05) is 11.6 Å². The van der Waals surface area contributed by atoms with Crippen LogP contribution < -0.4 is 5.76 Å². The molecule has 0 unspecified atom stereocenters. The fourth-order valence-corrected chi connectivity index (χ4v) is 3.15. The second kappa shape index (κ2) is 5.20. The Balaban J connectivity index is 1.80. The van der Waals surface area contributed by atoms with Gasteiger partial charge in [0.2, 0.25) is 5.82 Å². The molecule has 6 nitrogen and oxygen atoms in total. The summed E-state index contributed by atoms with van der Waals surface area (Å²) in [4.78, 5) is 17.3. The van der Waals surface area contributed by atoms with E-state index in [2.05, 4.69) is 10.1 Å². The van der Waals surface area contributed by atoms with E-state index in [4.69, 9.17) is 8.94 Å². The largest absolute Gasteiger partial charge is 0.420 e. The lowest BCUT2D eigenvalue weighted by atomic mass is 10.2. The molecule has 0 N–H and O–H groups in total. The number of aromatic nitrogens is 3. The van der Waals surface area contributed by atoms with Crippen molar-refractivity contribution in [2.75, 3.05) is 0 Å². The summed E-state index contributed by atoms with van der Waals surface area (Å²) in [6.45, 7) is 3.88. The topological polar surface area (TPSA) is 74.1 Å². The Morgan fingerprint density at radius 1 is 1.26 bits per heavy atom. The summed E-state index contributed by atoms with van der Waals surface area (Å²) in [7, 11) is 0. The summed E-state index contributed by atoms with van der Waals surface area (Å²) in [5.74, 6) is 0.589. The molecule has 0 saturated carbocycles. The zero-order valence-electron chi connectivity index (χ0n) is 12.5. The number of benzene rings is 1. The number of fused-ring (bicyclic) bond motifs is 1. The van der Waals surface area contributed by atoms with Crippen LogP contribution in [0.15, 0.2) is 49.4 Å². The monoisotopic (exact) mass is 327 g/mol. The van der Waals surface area contributed by atoms with Crippen molar-refractivity contribution in [2.45, 2.75) is 19.9 Å². The van der Waals surface area contributed by atoms with E-state index < -0.39 is 0 Å². The van der Waals surface area contributed by atoms with Gasteiger partial charge in [0.1, 0.15) is 0 Å². The molecule has 0 atom stereocenters. The van der Waals surface area contributed by atoms with Gasteiger partial charge in [-0.25, -0.2) is 4.79 Å². The molecule has 0 spiro atoms. The van der Waals surface area contributed by atoms with Crippen molar-refractivity contribution in [2.24, 2.45) is 0 Å². The minimum atomic E-state index is -0.362. The van der Waals surface area contributed by atoms with Crippen molar-refractivity contribution < 1.29 is 8.94 Å². The summed E-state index contributed by atoms with van der Waals surface area (Å²) in [5.41, 5.74) is 2.02. The van der Waals surface area contributed by atoms with Gasteiger partial charge in [-0.15, -0.1) is 11.3 Å². The number of thiophene rings is 1. The first-order valence-electron chi connectivity index (χ1n) is 7.16. The van der Waals surface area contributed by atoms with E-state index in [9.17, 15) is 4.79 Å². The van der Waals surface area contributed by atoms with Gasteiger partial charge in [0.05, 0.1) is 10.4 Å². The molecule has 23 heavy (non-hydrogen) atoms. The highest BCUT2D eigenvalue weighted by Crippen LogP contribution is 2.27. The zero-order chi connectivity index (χ0) is 16.0. The molecule has 116 valence electrons. The van der Waals surface area contributed by atoms with E-state index in [-0.39, 0.29) is 11.8 Å². The van der Waals surface area contributed by atoms with Crippen molar-refractivity contribution in [3.05, 3.63) is 46.3 Å². The van der Waals surface area contributed by atoms with Crippen LogP contribution in [0.5, 0.6) is 0 Å². The smallest absolute Gasteiger partial charge is 0.408 e. The zero-order valence-corrected chi connectivity index (χ0v) is 13.3. The Morgan fingerprint density at radius 3 is 2.87 bits per heavy atom. The third-order valence-electron chi connectivity index (χ3n) is 3.55. The molecule has 0 saturated heterocycles. The van der Waals surface area contributed by atoms with Gasteiger partial charge in [-0.05, 0) is 43.5 Å². The van der Waals surface area contributed by atoms with Gasteiger partial charge in [0.15, 0.2) is 5.58 Å². The predicted molar refractivity (Wildman–Crippen MR) is 87.5 cm³/mol. The highest BCUT2D eigenvalue weighted by molar-refractivity contribution is 7.13. The standard InChI is InChI=1S/C16H13N3O3S/c1-9(2)19-11-6-5-10(8-12(11)21-16(19)20)14-17-15(22-18-14)13-4-3-7-23-13/h3-9H,1-2H3. The van der Waals surface area contributed by atoms with Crippen LogP contribution >= 0.6 is 11.3 Å². The summed E-state index contributed by atoms with van der Waals surface area (Å²) in [6, 6.07) is 9.35. The molecule has 0 fully saturated rings. The Morgan fingerprint density at radius 2 is 2.13 bits per heavy atom. The van der Waals surface area contributed by atoms with Crippen LogP contribution in [0, 0.1) is 0 Å². The fraction of sp³-hybridized carbons (Fsp3) is 0.188. The minimum Gasteiger partial charge on any atom is -0.408 e. The highest BCUT2D eigenvalue weighted by atomic mass is 32.1. The van der Waals surface area contributed by atoms with Gasteiger partial charge in [0.25, 0.3) is 5.89 Å². The third-order valence-corrected chi connectivity index (χ3v) is 4.40. The number of nitrogens with zero attached hydrogens (tertiary/aromatic N) is 3. The van der Waals surface area contributed by atoms with Crippen LogP contribution in [-0.4, -0.2) is 14.7 Å². The summed E-state index contributed by atoms with van der Waals surface area (Å²) in [5, 5.41) is 5.96. The maximum absolute atomic E-state index is 11.9. The normalized spacial score (nSPS) is 11.6. The van der Waals surface area contributed by atoms with E-state index in [0.29, 0.717) is 17.3 Å². The van der Waals surface area contributed by atoms with E-state index in [1.807, 2.05) is 43.5 Å². The van der Waals surface area contributed by atoms with Crippen LogP contribution in [-0.2, 0) is 0 Å². The van der Waals surface area contributed by atoms with Gasteiger partial charge in [-0.3, -0.25) is 4.57 Å². The average Bonchev–Trinajstić information content (AvgIpc) is 3.24. The molecule has 4 aromatic rings. The average molecular weight is 327 g/mol.